The van der Waals surface area contributed by atoms with Gasteiger partial charge in [0.25, 0.3) is 0 Å². The number of allylic oxidation sites excluding steroid dienone is 9. The summed E-state index contributed by atoms with van der Waals surface area (Å²) in [5.41, 5.74) is 13.4. The number of nitrogens with zero attached hydrogens (tertiary/aromatic N) is 4. The molecule has 5 heteroatoms. The molecule has 0 saturated heterocycles. The van der Waals surface area contributed by atoms with Crippen molar-refractivity contribution in [1.82, 2.24) is 13.7 Å². The van der Waals surface area contributed by atoms with Gasteiger partial charge in [0.1, 0.15) is 0 Å². The highest BCUT2D eigenvalue weighted by atomic mass is 16.3. The molecule has 5 nitrogen and oxygen atoms in total. The van der Waals surface area contributed by atoms with Gasteiger partial charge >= 0.3 is 0 Å². The standard InChI is InChI=1S/C56H46N4O/c1-3-4-16-40(59-52-25-14-10-21-45(52)48-33-34-49-46-22-11-15-26-53(46)60(56(49)55(48)59)41-28-30-42(61)31-29-41)35-36-57-37-54-47(32-27-38(2)43-19-8-12-23-50(43)57)44-20-9-13-24-51(44)58(54)39-17-6-5-7-18-39/h3-10,12-14,16-30,32-36,42,61H,2,11,15,31,37H2,1H3/b4-3-,32-27-,36-35+,40-16+. The minimum atomic E-state index is -0.473. The molecule has 1 aliphatic heterocycles. The highest BCUT2D eigenvalue weighted by Gasteiger charge is 2.24. The fourth-order valence-electron chi connectivity index (χ4n) is 9.77. The summed E-state index contributed by atoms with van der Waals surface area (Å²) in [4.78, 5) is 2.39. The predicted octanol–water partition coefficient (Wildman–Crippen LogP) is 11.9. The monoisotopic (exact) mass is 790 g/mol. The fourth-order valence-corrected chi connectivity index (χ4v) is 9.77. The van der Waals surface area contributed by atoms with Crippen LogP contribution in [0.25, 0.3) is 84.5 Å². The molecule has 0 amide bonds. The number of aliphatic hydroxyl groups is 1. The number of anilines is 1. The molecule has 1 unspecified atom stereocenters. The molecule has 1 N–H and O–H groups in total. The van der Waals surface area contributed by atoms with Crippen LogP contribution in [0.15, 0.2) is 177 Å². The second-order valence-corrected chi connectivity index (χ2v) is 16.1. The summed E-state index contributed by atoms with van der Waals surface area (Å²) >= 11 is 0. The Morgan fingerprint density at radius 1 is 0.705 bits per heavy atom. The van der Waals surface area contributed by atoms with Crippen LogP contribution < -0.4 is 15.5 Å². The Morgan fingerprint density at radius 3 is 2.30 bits per heavy atom. The lowest BCUT2D eigenvalue weighted by Crippen LogP contribution is -2.30. The smallest absolute Gasteiger partial charge is 0.0788 e. The van der Waals surface area contributed by atoms with Crippen LogP contribution in [-0.4, -0.2) is 24.9 Å². The third kappa shape index (κ3) is 6.03. The van der Waals surface area contributed by atoms with Gasteiger partial charge in [-0.1, -0.05) is 140 Å². The van der Waals surface area contributed by atoms with E-state index in [0.717, 1.165) is 57.8 Å². The summed E-state index contributed by atoms with van der Waals surface area (Å²) in [5.74, 6) is 0. The zero-order valence-corrected chi connectivity index (χ0v) is 34.2. The molecule has 8 aromatic rings. The minimum Gasteiger partial charge on any atom is -0.389 e. The molecule has 1 atom stereocenters. The molecule has 4 heterocycles. The molecule has 0 bridgehead atoms. The molecular formula is C56H46N4O. The quantitative estimate of drug-likeness (QED) is 0.170. The van der Waals surface area contributed by atoms with Crippen LogP contribution in [0.4, 0.5) is 5.69 Å². The lowest BCUT2D eigenvalue weighted by molar-refractivity contribution is 0.226. The van der Waals surface area contributed by atoms with E-state index in [-0.39, 0.29) is 0 Å². The normalized spacial score (nSPS) is 17.3. The Morgan fingerprint density at radius 2 is 1.46 bits per heavy atom. The topological polar surface area (TPSA) is 38.3 Å². The minimum absolute atomic E-state index is 0.473. The molecule has 0 spiro atoms. The van der Waals surface area contributed by atoms with Crippen LogP contribution in [0.5, 0.6) is 0 Å². The number of fused-ring (bicyclic) bond motifs is 11. The summed E-state index contributed by atoms with van der Waals surface area (Å²) in [6, 6.07) is 41.5. The van der Waals surface area contributed by atoms with E-state index >= 15 is 0 Å². The van der Waals surface area contributed by atoms with E-state index in [4.69, 9.17) is 0 Å². The Balaban J connectivity index is 1.17. The number of hydrogen-bond donors (Lipinski definition) is 1. The number of aromatic nitrogens is 3. The van der Waals surface area contributed by atoms with Gasteiger partial charge in [0.15, 0.2) is 0 Å². The second kappa shape index (κ2) is 15.0. The Bertz CT molecular complexity index is 3410. The zero-order chi connectivity index (χ0) is 41.0. The first kappa shape index (κ1) is 36.7. The first-order valence-corrected chi connectivity index (χ1v) is 21.3. The maximum absolute atomic E-state index is 10.5. The average Bonchev–Trinajstić information content (AvgIpc) is 3.94. The van der Waals surface area contributed by atoms with Crippen molar-refractivity contribution in [2.45, 2.75) is 38.8 Å². The van der Waals surface area contributed by atoms with Gasteiger partial charge in [-0.05, 0) is 80.3 Å². The van der Waals surface area contributed by atoms with E-state index in [0.29, 0.717) is 13.0 Å². The Hall–Kier alpha value is -7.34. The van der Waals surface area contributed by atoms with Gasteiger partial charge in [-0.15, -0.1) is 0 Å². The lowest BCUT2D eigenvalue weighted by Gasteiger charge is -2.25. The Labute approximate surface area is 355 Å². The van der Waals surface area contributed by atoms with Gasteiger partial charge in [-0.25, -0.2) is 0 Å². The van der Waals surface area contributed by atoms with Crippen LogP contribution in [0.1, 0.15) is 43.0 Å². The average molecular weight is 791 g/mol. The van der Waals surface area contributed by atoms with E-state index in [2.05, 4.69) is 214 Å². The molecule has 3 aromatic heterocycles. The van der Waals surface area contributed by atoms with E-state index in [9.17, 15) is 5.11 Å². The highest BCUT2D eigenvalue weighted by molar-refractivity contribution is 6.19. The second-order valence-electron chi connectivity index (χ2n) is 16.1. The van der Waals surface area contributed by atoms with Crippen LogP contribution in [0.2, 0.25) is 0 Å². The molecule has 296 valence electrons. The number of benzene rings is 5. The molecule has 2 aliphatic carbocycles. The lowest BCUT2D eigenvalue weighted by atomic mass is 10.0. The van der Waals surface area contributed by atoms with Crippen molar-refractivity contribution in [2.24, 2.45) is 0 Å². The van der Waals surface area contributed by atoms with Gasteiger partial charge in [-0.2, -0.15) is 0 Å². The molecule has 61 heavy (non-hydrogen) atoms. The van der Waals surface area contributed by atoms with Gasteiger partial charge in [0, 0.05) is 72.2 Å². The summed E-state index contributed by atoms with van der Waals surface area (Å²) in [7, 11) is 0. The molecule has 0 fully saturated rings. The van der Waals surface area contributed by atoms with Gasteiger partial charge in [-0.3, -0.25) is 0 Å². The first-order chi connectivity index (χ1) is 30.1. The number of hydrogen-bond acceptors (Lipinski definition) is 2. The molecule has 11 rings (SSSR count). The Kier molecular flexibility index (Phi) is 9.05. The first-order valence-electron chi connectivity index (χ1n) is 21.3. The molecule has 0 radical (unpaired) electrons. The predicted molar refractivity (Wildman–Crippen MR) is 259 cm³/mol. The largest absolute Gasteiger partial charge is 0.389 e. The van der Waals surface area contributed by atoms with Crippen molar-refractivity contribution >= 4 is 84.5 Å². The zero-order valence-electron chi connectivity index (χ0n) is 34.2. The van der Waals surface area contributed by atoms with Crippen molar-refractivity contribution in [1.29, 1.82) is 0 Å². The van der Waals surface area contributed by atoms with Crippen LogP contribution in [0.3, 0.4) is 0 Å². The van der Waals surface area contributed by atoms with Crippen molar-refractivity contribution in [2.75, 3.05) is 4.90 Å². The fraction of sp³-hybridized carbons (Fsp3) is 0.107. The summed E-state index contributed by atoms with van der Waals surface area (Å²) in [6.07, 6.45) is 28.6. The van der Waals surface area contributed by atoms with Crippen LogP contribution in [0, 0.1) is 0 Å². The van der Waals surface area contributed by atoms with E-state index in [1.165, 1.54) is 54.4 Å². The van der Waals surface area contributed by atoms with E-state index in [1.54, 1.807) is 0 Å². The van der Waals surface area contributed by atoms with Crippen LogP contribution in [-0.2, 0) is 6.54 Å². The number of rotatable bonds is 6. The summed E-state index contributed by atoms with van der Waals surface area (Å²) in [5, 5.41) is 17.9. The number of aliphatic hydroxyl groups excluding tert-OH is 1. The third-order valence-electron chi connectivity index (χ3n) is 12.5. The van der Waals surface area contributed by atoms with Crippen molar-refractivity contribution < 1.29 is 5.11 Å². The molecule has 3 aliphatic rings. The van der Waals surface area contributed by atoms with Crippen molar-refractivity contribution in [3.8, 4) is 5.69 Å². The van der Waals surface area contributed by atoms with E-state index < -0.39 is 6.10 Å². The summed E-state index contributed by atoms with van der Waals surface area (Å²) in [6.45, 7) is 7.29. The SMILES string of the molecule is C=C1/C=C\c2c(n(-c3ccccc3)c3ccccc23)CN(/C=C/C(=C\C=C/C)n2c3ccccc3c3ccc4c5c(n(C6=CCC(O)C=C6)c4c32)=CCCC=5)c2ccccc21. The maximum Gasteiger partial charge on any atom is 0.0788 e. The van der Waals surface area contributed by atoms with Crippen molar-refractivity contribution in [3.05, 3.63) is 204 Å². The van der Waals surface area contributed by atoms with Gasteiger partial charge in [0.05, 0.1) is 40.4 Å². The molecule has 5 aromatic carbocycles. The third-order valence-corrected chi connectivity index (χ3v) is 12.5. The van der Waals surface area contributed by atoms with Gasteiger partial charge < -0.3 is 23.7 Å². The van der Waals surface area contributed by atoms with Gasteiger partial charge in [0.2, 0.25) is 0 Å². The van der Waals surface area contributed by atoms with Crippen molar-refractivity contribution in [3.63, 3.8) is 0 Å². The highest BCUT2D eigenvalue weighted by Crippen LogP contribution is 2.40. The maximum atomic E-state index is 10.5. The number of para-hydroxylation sites is 4. The van der Waals surface area contributed by atoms with E-state index in [1.807, 2.05) is 6.08 Å². The van der Waals surface area contributed by atoms with Crippen LogP contribution >= 0.6 is 0 Å². The summed E-state index contributed by atoms with van der Waals surface area (Å²) < 4.78 is 7.32. The molecular weight excluding hydrogens is 745 g/mol. The molecule has 0 saturated carbocycles.